The summed E-state index contributed by atoms with van der Waals surface area (Å²) in [4.78, 5) is 15.3. The number of aromatic nitrogens is 3. The molecule has 234 valence electrons. The fourth-order valence-electron chi connectivity index (χ4n) is 7.01. The second-order valence-corrected chi connectivity index (χ2v) is 13.4. The van der Waals surface area contributed by atoms with Crippen LogP contribution in [0.1, 0.15) is 0 Å². The minimum atomic E-state index is 0.658. The molecule has 0 radical (unpaired) electrons. The highest BCUT2D eigenvalue weighted by Crippen LogP contribution is 2.45. The number of rotatable bonds is 5. The van der Waals surface area contributed by atoms with E-state index >= 15 is 0 Å². The van der Waals surface area contributed by atoms with Crippen molar-refractivity contribution in [3.8, 4) is 56.3 Å². The molecule has 0 aliphatic heterocycles. The molecule has 0 amide bonds. The Morgan fingerprint density at radius 2 is 1.06 bits per heavy atom. The zero-order valence-corrected chi connectivity index (χ0v) is 27.6. The van der Waals surface area contributed by atoms with E-state index in [-0.39, 0.29) is 0 Å². The fraction of sp³-hybridized carbons (Fsp3) is 0. The fourth-order valence-corrected chi connectivity index (χ4v) is 8.36. The van der Waals surface area contributed by atoms with Crippen LogP contribution in [0.2, 0.25) is 0 Å². The average Bonchev–Trinajstić information content (AvgIpc) is 3.77. The second-order valence-electron chi connectivity index (χ2n) is 12.4. The lowest BCUT2D eigenvalue weighted by molar-refractivity contribution is 0.669. The summed E-state index contributed by atoms with van der Waals surface area (Å²) in [5, 5.41) is 4.67. The van der Waals surface area contributed by atoms with Crippen molar-refractivity contribution in [2.24, 2.45) is 0 Å². The monoisotopic (exact) mass is 657 g/mol. The Hall–Kier alpha value is -6.43. The van der Waals surface area contributed by atoms with Crippen LogP contribution in [0.25, 0.3) is 98.4 Å². The first-order valence-corrected chi connectivity index (χ1v) is 17.4. The lowest BCUT2D eigenvalue weighted by Gasteiger charge is -2.13. The average molecular weight is 658 g/mol. The molecular weight excluding hydrogens is 631 g/mol. The molecule has 0 fully saturated rings. The van der Waals surface area contributed by atoms with Crippen LogP contribution in [0.15, 0.2) is 168 Å². The molecule has 0 saturated carbocycles. The Morgan fingerprint density at radius 3 is 1.88 bits per heavy atom. The zero-order valence-electron chi connectivity index (χ0n) is 26.7. The van der Waals surface area contributed by atoms with Crippen molar-refractivity contribution in [1.82, 2.24) is 15.0 Å². The molecule has 0 atom stereocenters. The Labute approximate surface area is 292 Å². The molecule has 0 unspecified atom stereocenters. The molecular formula is C45H27N3OS. The molecule has 0 aliphatic rings. The van der Waals surface area contributed by atoms with Crippen molar-refractivity contribution in [3.63, 3.8) is 0 Å². The van der Waals surface area contributed by atoms with Gasteiger partial charge < -0.3 is 4.42 Å². The zero-order chi connectivity index (χ0) is 33.0. The third-order valence-electron chi connectivity index (χ3n) is 9.38. The highest BCUT2D eigenvalue weighted by Gasteiger charge is 2.19. The van der Waals surface area contributed by atoms with Gasteiger partial charge >= 0.3 is 0 Å². The summed E-state index contributed by atoms with van der Waals surface area (Å²) in [6, 6.07) is 54.6. The van der Waals surface area contributed by atoms with Gasteiger partial charge in [-0.3, -0.25) is 4.98 Å². The Morgan fingerprint density at radius 1 is 0.420 bits per heavy atom. The smallest absolute Gasteiger partial charge is 0.160 e. The van der Waals surface area contributed by atoms with E-state index in [0.29, 0.717) is 5.82 Å². The topological polar surface area (TPSA) is 51.8 Å². The first-order valence-electron chi connectivity index (χ1n) is 16.6. The van der Waals surface area contributed by atoms with Gasteiger partial charge in [-0.25, -0.2) is 9.97 Å². The highest BCUT2D eigenvalue weighted by molar-refractivity contribution is 7.26. The lowest BCUT2D eigenvalue weighted by atomic mass is 9.98. The van der Waals surface area contributed by atoms with E-state index in [2.05, 4.69) is 115 Å². The van der Waals surface area contributed by atoms with Gasteiger partial charge in [-0.2, -0.15) is 0 Å². The van der Waals surface area contributed by atoms with Gasteiger partial charge in [0.1, 0.15) is 11.2 Å². The SMILES string of the molecule is c1ccc(-c2nc(-c3ccc4c(c3)oc3ccccc34)cc(-c3cccnc3-c3cccc4c3sc3c(-c5ccccc5)cccc34)n2)cc1. The predicted octanol–water partition coefficient (Wildman–Crippen LogP) is 12.5. The third-order valence-corrected chi connectivity index (χ3v) is 10.7. The van der Waals surface area contributed by atoms with Gasteiger partial charge in [0.25, 0.3) is 0 Å². The van der Waals surface area contributed by atoms with E-state index in [0.717, 1.165) is 61.3 Å². The van der Waals surface area contributed by atoms with Crippen LogP contribution < -0.4 is 0 Å². The maximum absolute atomic E-state index is 6.27. The molecule has 0 aliphatic carbocycles. The minimum absolute atomic E-state index is 0.658. The van der Waals surface area contributed by atoms with E-state index < -0.39 is 0 Å². The minimum Gasteiger partial charge on any atom is -0.456 e. The lowest BCUT2D eigenvalue weighted by Crippen LogP contribution is -1.98. The maximum Gasteiger partial charge on any atom is 0.160 e. The summed E-state index contributed by atoms with van der Waals surface area (Å²) < 4.78 is 8.75. The molecule has 0 saturated heterocycles. The normalized spacial score (nSPS) is 11.6. The van der Waals surface area contributed by atoms with Crippen LogP contribution in [0.4, 0.5) is 0 Å². The van der Waals surface area contributed by atoms with E-state index in [1.165, 1.54) is 31.3 Å². The van der Waals surface area contributed by atoms with Gasteiger partial charge in [0, 0.05) is 59.4 Å². The molecule has 10 rings (SSSR count). The van der Waals surface area contributed by atoms with Crippen LogP contribution >= 0.6 is 11.3 Å². The highest BCUT2D eigenvalue weighted by atomic mass is 32.1. The molecule has 0 N–H and O–H groups in total. The van der Waals surface area contributed by atoms with Gasteiger partial charge in [0.05, 0.1) is 17.1 Å². The summed E-state index contributed by atoms with van der Waals surface area (Å²) in [6.45, 7) is 0. The number of furan rings is 1. The second kappa shape index (κ2) is 11.6. The Balaban J connectivity index is 1.18. The van der Waals surface area contributed by atoms with Crippen molar-refractivity contribution >= 4 is 53.4 Å². The molecule has 5 heteroatoms. The molecule has 0 bridgehead atoms. The van der Waals surface area contributed by atoms with Crippen LogP contribution in [0, 0.1) is 0 Å². The number of benzene rings is 6. The standard InChI is InChI=1S/C45H27N3OS/c1-3-12-28(13-4-1)31-17-9-18-34-35-19-10-20-37(44(35)50-43(31)34)42-36(21-11-25-46-42)39-27-38(47-45(48-39)29-14-5-2-6-15-29)30-23-24-33-32-16-7-8-22-40(32)49-41(33)26-30/h1-27H. The first-order chi connectivity index (χ1) is 24.8. The largest absolute Gasteiger partial charge is 0.456 e. The van der Waals surface area contributed by atoms with E-state index in [4.69, 9.17) is 19.4 Å². The van der Waals surface area contributed by atoms with Crippen LogP contribution in [0.5, 0.6) is 0 Å². The van der Waals surface area contributed by atoms with E-state index in [1.807, 2.05) is 60.0 Å². The number of pyridine rings is 1. The maximum atomic E-state index is 6.27. The quantitative estimate of drug-likeness (QED) is 0.185. The summed E-state index contributed by atoms with van der Waals surface area (Å²) >= 11 is 1.83. The third kappa shape index (κ3) is 4.71. The van der Waals surface area contributed by atoms with Crippen LogP contribution in [-0.2, 0) is 0 Å². The first kappa shape index (κ1) is 28.6. The van der Waals surface area contributed by atoms with E-state index in [1.54, 1.807) is 0 Å². The number of hydrogen-bond acceptors (Lipinski definition) is 5. The molecule has 4 aromatic heterocycles. The van der Waals surface area contributed by atoms with E-state index in [9.17, 15) is 0 Å². The molecule has 4 heterocycles. The van der Waals surface area contributed by atoms with Gasteiger partial charge in [0.15, 0.2) is 5.82 Å². The van der Waals surface area contributed by atoms with Crippen LogP contribution in [0.3, 0.4) is 0 Å². The Bertz CT molecular complexity index is 2870. The number of hydrogen-bond donors (Lipinski definition) is 0. The molecule has 10 aromatic rings. The van der Waals surface area contributed by atoms with Crippen LogP contribution in [-0.4, -0.2) is 15.0 Å². The van der Waals surface area contributed by atoms with Gasteiger partial charge in [-0.05, 0) is 47.5 Å². The van der Waals surface area contributed by atoms with Crippen molar-refractivity contribution in [2.75, 3.05) is 0 Å². The molecule has 0 spiro atoms. The van der Waals surface area contributed by atoms with Crippen molar-refractivity contribution in [2.45, 2.75) is 0 Å². The summed E-state index contributed by atoms with van der Waals surface area (Å²) in [7, 11) is 0. The summed E-state index contributed by atoms with van der Waals surface area (Å²) in [6.07, 6.45) is 1.87. The molecule has 50 heavy (non-hydrogen) atoms. The number of fused-ring (bicyclic) bond motifs is 6. The van der Waals surface area contributed by atoms with Crippen molar-refractivity contribution < 1.29 is 4.42 Å². The van der Waals surface area contributed by atoms with Crippen molar-refractivity contribution in [1.29, 1.82) is 0 Å². The Kier molecular flexibility index (Phi) is 6.64. The molecule has 4 nitrogen and oxygen atoms in total. The number of para-hydroxylation sites is 1. The van der Waals surface area contributed by atoms with Gasteiger partial charge in [-0.15, -0.1) is 11.3 Å². The molecule has 6 aromatic carbocycles. The van der Waals surface area contributed by atoms with Gasteiger partial charge in [-0.1, -0.05) is 121 Å². The van der Waals surface area contributed by atoms with Crippen molar-refractivity contribution in [3.05, 3.63) is 164 Å². The predicted molar refractivity (Wildman–Crippen MR) is 207 cm³/mol. The summed E-state index contributed by atoms with van der Waals surface area (Å²) in [5.41, 5.74) is 10.6. The summed E-state index contributed by atoms with van der Waals surface area (Å²) in [5.74, 6) is 0.658. The number of thiophene rings is 1. The van der Waals surface area contributed by atoms with Gasteiger partial charge in [0.2, 0.25) is 0 Å². The number of nitrogens with zero attached hydrogens (tertiary/aromatic N) is 3.